The second-order valence-electron chi connectivity index (χ2n) is 9.56. The molecule has 0 aliphatic heterocycles. The zero-order valence-corrected chi connectivity index (χ0v) is 21.3. The molecule has 0 aromatic heterocycles. The molecule has 0 bridgehead atoms. The molecule has 1 atom stereocenters. The van der Waals surface area contributed by atoms with E-state index < -0.39 is 11.6 Å². The van der Waals surface area contributed by atoms with Gasteiger partial charge in [0.05, 0.1) is 5.75 Å². The highest BCUT2D eigenvalue weighted by Crippen LogP contribution is 2.21. The first-order chi connectivity index (χ1) is 16.2. The zero-order chi connectivity index (χ0) is 24.6. The lowest BCUT2D eigenvalue weighted by Gasteiger charge is -2.34. The fourth-order valence-corrected chi connectivity index (χ4v) is 4.56. The molecule has 3 aromatic rings. The van der Waals surface area contributed by atoms with E-state index in [1.54, 1.807) is 4.90 Å². The molecule has 3 aromatic carbocycles. The van der Waals surface area contributed by atoms with Crippen LogP contribution in [-0.2, 0) is 22.6 Å². The molecule has 34 heavy (non-hydrogen) atoms. The SMILES string of the molecule is Cc1cccc(CN(C(=O)CSc2ccccc2)[C@@H](Cc2ccccc2)C(=O)NC(C)(C)C)c1. The molecule has 0 aliphatic carbocycles. The summed E-state index contributed by atoms with van der Waals surface area (Å²) in [5, 5.41) is 3.11. The minimum atomic E-state index is -0.619. The Balaban J connectivity index is 1.92. The van der Waals surface area contributed by atoms with E-state index in [0.717, 1.165) is 21.6 Å². The van der Waals surface area contributed by atoms with E-state index in [1.807, 2.05) is 107 Å². The molecule has 0 saturated carbocycles. The predicted octanol–water partition coefficient (Wildman–Crippen LogP) is 5.64. The number of benzene rings is 3. The van der Waals surface area contributed by atoms with Crippen molar-refractivity contribution in [3.05, 3.63) is 102 Å². The summed E-state index contributed by atoms with van der Waals surface area (Å²) in [6, 6.07) is 27.3. The molecular formula is C29H34N2O2S. The van der Waals surface area contributed by atoms with Gasteiger partial charge in [-0.3, -0.25) is 9.59 Å². The van der Waals surface area contributed by atoms with Crippen LogP contribution in [0.5, 0.6) is 0 Å². The fraction of sp³-hybridized carbons (Fsp3) is 0.310. The summed E-state index contributed by atoms with van der Waals surface area (Å²) < 4.78 is 0. The number of nitrogens with zero attached hydrogens (tertiary/aromatic N) is 1. The molecular weight excluding hydrogens is 440 g/mol. The predicted molar refractivity (Wildman–Crippen MR) is 141 cm³/mol. The monoisotopic (exact) mass is 474 g/mol. The standard InChI is InChI=1S/C29H34N2O2S/c1-22-12-11-15-24(18-22)20-31(27(32)21-34-25-16-9-6-10-17-25)26(28(33)30-29(2,3)4)19-23-13-7-5-8-14-23/h5-18,26H,19-21H2,1-4H3,(H,30,33)/t26-/m0/s1. The lowest BCUT2D eigenvalue weighted by Crippen LogP contribution is -2.54. The Morgan fingerprint density at radius 3 is 2.12 bits per heavy atom. The van der Waals surface area contributed by atoms with Gasteiger partial charge < -0.3 is 10.2 Å². The molecule has 0 radical (unpaired) electrons. The van der Waals surface area contributed by atoms with Crippen molar-refractivity contribution in [1.82, 2.24) is 10.2 Å². The molecule has 178 valence electrons. The molecule has 0 unspecified atom stereocenters. The van der Waals surface area contributed by atoms with Gasteiger partial charge in [-0.15, -0.1) is 11.8 Å². The molecule has 1 N–H and O–H groups in total. The van der Waals surface area contributed by atoms with Crippen molar-refractivity contribution in [3.63, 3.8) is 0 Å². The molecule has 0 saturated heterocycles. The summed E-state index contributed by atoms with van der Waals surface area (Å²) in [7, 11) is 0. The van der Waals surface area contributed by atoms with Crippen LogP contribution in [-0.4, -0.2) is 34.0 Å². The Morgan fingerprint density at radius 2 is 1.50 bits per heavy atom. The Labute approximate surface area is 207 Å². The van der Waals surface area contributed by atoms with Crippen LogP contribution in [0, 0.1) is 6.92 Å². The Kier molecular flexibility index (Phi) is 8.94. The first kappa shape index (κ1) is 25.6. The summed E-state index contributed by atoms with van der Waals surface area (Å²) in [6.45, 7) is 8.30. The normalized spacial score (nSPS) is 12.1. The van der Waals surface area contributed by atoms with Crippen LogP contribution in [0.4, 0.5) is 0 Å². The van der Waals surface area contributed by atoms with Crippen LogP contribution in [0.15, 0.2) is 89.8 Å². The highest BCUT2D eigenvalue weighted by atomic mass is 32.2. The van der Waals surface area contributed by atoms with Gasteiger partial charge in [0.1, 0.15) is 6.04 Å². The summed E-state index contributed by atoms with van der Waals surface area (Å²) in [5.74, 6) is 0.0756. The number of thioether (sulfide) groups is 1. The van der Waals surface area contributed by atoms with Crippen LogP contribution in [0.3, 0.4) is 0 Å². The van der Waals surface area contributed by atoms with E-state index in [1.165, 1.54) is 11.8 Å². The van der Waals surface area contributed by atoms with Crippen molar-refractivity contribution in [2.24, 2.45) is 0 Å². The van der Waals surface area contributed by atoms with Gasteiger partial charge in [0.25, 0.3) is 0 Å². The number of rotatable bonds is 9. The van der Waals surface area contributed by atoms with E-state index in [4.69, 9.17) is 0 Å². The Hall–Kier alpha value is -3.05. The van der Waals surface area contributed by atoms with E-state index in [9.17, 15) is 9.59 Å². The maximum atomic E-state index is 13.6. The first-order valence-electron chi connectivity index (χ1n) is 11.6. The molecule has 0 aliphatic rings. The smallest absolute Gasteiger partial charge is 0.243 e. The molecule has 5 heteroatoms. The van der Waals surface area contributed by atoms with E-state index in [-0.39, 0.29) is 17.6 Å². The van der Waals surface area contributed by atoms with Gasteiger partial charge in [-0.05, 0) is 51.0 Å². The van der Waals surface area contributed by atoms with Gasteiger partial charge in [-0.2, -0.15) is 0 Å². The van der Waals surface area contributed by atoms with Crippen molar-refractivity contribution in [3.8, 4) is 0 Å². The van der Waals surface area contributed by atoms with E-state index >= 15 is 0 Å². The average Bonchev–Trinajstić information content (AvgIpc) is 2.80. The van der Waals surface area contributed by atoms with Gasteiger partial charge in [-0.1, -0.05) is 78.4 Å². The average molecular weight is 475 g/mol. The number of amides is 2. The first-order valence-corrected chi connectivity index (χ1v) is 12.6. The minimum absolute atomic E-state index is 0.0552. The Morgan fingerprint density at radius 1 is 0.882 bits per heavy atom. The third kappa shape index (κ3) is 8.07. The van der Waals surface area contributed by atoms with Crippen molar-refractivity contribution in [1.29, 1.82) is 0 Å². The van der Waals surface area contributed by atoms with Gasteiger partial charge in [0, 0.05) is 23.4 Å². The third-order valence-electron chi connectivity index (χ3n) is 5.31. The number of carbonyl (C=O) groups excluding carboxylic acids is 2. The molecule has 0 fully saturated rings. The molecule has 0 spiro atoms. The summed E-state index contributed by atoms with van der Waals surface area (Å²) >= 11 is 1.50. The van der Waals surface area contributed by atoms with Crippen molar-refractivity contribution < 1.29 is 9.59 Å². The van der Waals surface area contributed by atoms with Crippen molar-refractivity contribution in [2.75, 3.05) is 5.75 Å². The van der Waals surface area contributed by atoms with Gasteiger partial charge in [0.2, 0.25) is 11.8 Å². The summed E-state index contributed by atoms with van der Waals surface area (Å²) in [5.41, 5.74) is 2.76. The number of carbonyl (C=O) groups is 2. The van der Waals surface area contributed by atoms with Crippen LogP contribution < -0.4 is 5.32 Å². The highest BCUT2D eigenvalue weighted by molar-refractivity contribution is 8.00. The maximum Gasteiger partial charge on any atom is 0.243 e. The van der Waals surface area contributed by atoms with Gasteiger partial charge in [-0.25, -0.2) is 0 Å². The lowest BCUT2D eigenvalue weighted by molar-refractivity contribution is -0.140. The molecule has 3 rings (SSSR count). The third-order valence-corrected chi connectivity index (χ3v) is 6.31. The lowest BCUT2D eigenvalue weighted by atomic mass is 10.0. The molecule has 0 heterocycles. The second-order valence-corrected chi connectivity index (χ2v) is 10.6. The van der Waals surface area contributed by atoms with Crippen LogP contribution in [0.1, 0.15) is 37.5 Å². The van der Waals surface area contributed by atoms with Crippen LogP contribution in [0.25, 0.3) is 0 Å². The molecule has 2 amide bonds. The van der Waals surface area contributed by atoms with Crippen LogP contribution >= 0.6 is 11.8 Å². The quantitative estimate of drug-likeness (QED) is 0.408. The number of hydrogen-bond donors (Lipinski definition) is 1. The maximum absolute atomic E-state index is 13.6. The topological polar surface area (TPSA) is 49.4 Å². The zero-order valence-electron chi connectivity index (χ0n) is 20.5. The van der Waals surface area contributed by atoms with E-state index in [0.29, 0.717) is 13.0 Å². The van der Waals surface area contributed by atoms with Crippen molar-refractivity contribution >= 4 is 23.6 Å². The summed E-state index contributed by atoms with van der Waals surface area (Å²) in [4.78, 5) is 29.9. The molecule has 4 nitrogen and oxygen atoms in total. The number of aryl methyl sites for hydroxylation is 1. The highest BCUT2D eigenvalue weighted by Gasteiger charge is 2.32. The minimum Gasteiger partial charge on any atom is -0.350 e. The fourth-order valence-electron chi connectivity index (χ4n) is 3.76. The van der Waals surface area contributed by atoms with Gasteiger partial charge in [0.15, 0.2) is 0 Å². The number of hydrogen-bond acceptors (Lipinski definition) is 3. The van der Waals surface area contributed by atoms with E-state index in [2.05, 4.69) is 11.4 Å². The Bertz CT molecular complexity index is 1080. The van der Waals surface area contributed by atoms with Crippen LogP contribution in [0.2, 0.25) is 0 Å². The largest absolute Gasteiger partial charge is 0.350 e. The number of nitrogens with one attached hydrogen (secondary N) is 1. The van der Waals surface area contributed by atoms with Gasteiger partial charge >= 0.3 is 0 Å². The van der Waals surface area contributed by atoms with Crippen molar-refractivity contribution in [2.45, 2.75) is 57.1 Å². The second kappa shape index (κ2) is 11.9. The summed E-state index contributed by atoms with van der Waals surface area (Å²) in [6.07, 6.45) is 0.455.